The minimum Gasteiger partial charge on any atom is -0.493 e. The lowest BCUT2D eigenvalue weighted by atomic mass is 10.0. The molecule has 0 spiro atoms. The quantitative estimate of drug-likeness (QED) is 0.420. The van der Waals surface area contributed by atoms with E-state index < -0.39 is 0 Å². The van der Waals surface area contributed by atoms with E-state index in [0.29, 0.717) is 52.2 Å². The number of para-hydroxylation sites is 1. The third-order valence-electron chi connectivity index (χ3n) is 5.71. The van der Waals surface area contributed by atoms with Crippen LogP contribution in [-0.4, -0.2) is 59.6 Å². The van der Waals surface area contributed by atoms with E-state index in [1.807, 2.05) is 25.1 Å². The Morgan fingerprint density at radius 3 is 2.49 bits per heavy atom. The number of nitrogens with zero attached hydrogens (tertiary/aromatic N) is 3. The Morgan fingerprint density at radius 2 is 1.77 bits per heavy atom. The van der Waals surface area contributed by atoms with Gasteiger partial charge in [0.25, 0.3) is 11.8 Å². The summed E-state index contributed by atoms with van der Waals surface area (Å²) in [4.78, 5) is 28.8. The number of hydrogen-bond acceptors (Lipinski definition) is 4. The average molecular weight is 475 g/mol. The summed E-state index contributed by atoms with van der Waals surface area (Å²) in [6, 6.07) is 17.0. The van der Waals surface area contributed by atoms with Gasteiger partial charge in [-0.2, -0.15) is 5.10 Å². The summed E-state index contributed by atoms with van der Waals surface area (Å²) in [5, 5.41) is 7.87. The predicted octanol–water partition coefficient (Wildman–Crippen LogP) is 4.74. The van der Waals surface area contributed by atoms with Crippen LogP contribution in [0.1, 0.15) is 33.3 Å². The number of H-pyrrole nitrogens is 1. The Labute approximate surface area is 203 Å². The van der Waals surface area contributed by atoms with Crippen LogP contribution in [0.15, 0.2) is 60.7 Å². The molecule has 1 aromatic heterocycles. The van der Waals surface area contributed by atoms with Gasteiger partial charge in [-0.25, -0.2) is 4.39 Å². The maximum atomic E-state index is 13.8. The number of aromatic nitrogens is 2. The Kier molecular flexibility index (Phi) is 6.82. The molecule has 0 aliphatic rings. The second-order valence-electron chi connectivity index (χ2n) is 8.43. The summed E-state index contributed by atoms with van der Waals surface area (Å²) in [6.07, 6.45) is 0. The third-order valence-corrected chi connectivity index (χ3v) is 5.71. The zero-order valence-electron chi connectivity index (χ0n) is 20.1. The Bertz CT molecular complexity index is 1400. The van der Waals surface area contributed by atoms with E-state index in [-0.39, 0.29) is 17.6 Å². The van der Waals surface area contributed by atoms with Gasteiger partial charge in [-0.05, 0) is 48.4 Å². The number of fused-ring (bicyclic) bond motifs is 1. The molecule has 0 unspecified atom stereocenters. The second-order valence-corrected chi connectivity index (χ2v) is 8.43. The molecule has 1 heterocycles. The van der Waals surface area contributed by atoms with Crippen LogP contribution >= 0.6 is 0 Å². The molecular weight excluding hydrogens is 447 g/mol. The smallest absolute Gasteiger partial charge is 0.271 e. The van der Waals surface area contributed by atoms with E-state index in [0.717, 1.165) is 5.56 Å². The van der Waals surface area contributed by atoms with Gasteiger partial charge in [-0.1, -0.05) is 30.3 Å². The van der Waals surface area contributed by atoms with Crippen molar-refractivity contribution in [2.45, 2.75) is 13.5 Å². The molecule has 0 aliphatic heterocycles. The maximum absolute atomic E-state index is 13.8. The Morgan fingerprint density at radius 1 is 1.00 bits per heavy atom. The van der Waals surface area contributed by atoms with Crippen molar-refractivity contribution in [1.29, 1.82) is 0 Å². The average Bonchev–Trinajstić information content (AvgIpc) is 3.28. The number of hydrogen-bond donors (Lipinski definition) is 1. The number of carbonyl (C=O) groups is 2. The molecule has 0 saturated heterocycles. The highest BCUT2D eigenvalue weighted by atomic mass is 19.1. The Hall–Kier alpha value is -4.20. The summed E-state index contributed by atoms with van der Waals surface area (Å²) in [6.45, 7) is 2.56. The molecule has 0 bridgehead atoms. The van der Waals surface area contributed by atoms with Crippen molar-refractivity contribution in [3.8, 4) is 16.9 Å². The molecule has 0 fully saturated rings. The van der Waals surface area contributed by atoms with E-state index in [2.05, 4.69) is 10.2 Å². The van der Waals surface area contributed by atoms with Gasteiger partial charge in [0.05, 0.1) is 12.1 Å². The minimum absolute atomic E-state index is 0.170. The second kappa shape index (κ2) is 9.97. The van der Waals surface area contributed by atoms with Crippen LogP contribution in [0.4, 0.5) is 4.39 Å². The van der Waals surface area contributed by atoms with Crippen LogP contribution in [-0.2, 0) is 6.54 Å². The molecule has 1 N–H and O–H groups in total. The van der Waals surface area contributed by atoms with Crippen LogP contribution < -0.4 is 4.74 Å². The van der Waals surface area contributed by atoms with Gasteiger partial charge in [-0.15, -0.1) is 0 Å². The van der Waals surface area contributed by atoms with Crippen LogP contribution in [0.3, 0.4) is 0 Å². The molecule has 0 atom stereocenters. The lowest BCUT2D eigenvalue weighted by Gasteiger charge is -2.19. The van der Waals surface area contributed by atoms with Crippen LogP contribution in [0.5, 0.6) is 5.75 Å². The zero-order chi connectivity index (χ0) is 25.1. The van der Waals surface area contributed by atoms with E-state index in [1.54, 1.807) is 56.4 Å². The highest BCUT2D eigenvalue weighted by Gasteiger charge is 2.20. The molecule has 0 radical (unpaired) electrons. The molecule has 2 amide bonds. The molecule has 4 rings (SSSR count). The van der Waals surface area contributed by atoms with Gasteiger partial charge in [0.2, 0.25) is 0 Å². The molecule has 180 valence electrons. The molecule has 7 nitrogen and oxygen atoms in total. The van der Waals surface area contributed by atoms with E-state index in [9.17, 15) is 14.0 Å². The van der Waals surface area contributed by atoms with E-state index >= 15 is 0 Å². The minimum atomic E-state index is -0.340. The topological polar surface area (TPSA) is 78.5 Å². The largest absolute Gasteiger partial charge is 0.493 e. The summed E-state index contributed by atoms with van der Waals surface area (Å²) in [5.41, 5.74) is 3.71. The summed E-state index contributed by atoms with van der Waals surface area (Å²) in [5.74, 6) is -0.198. The van der Waals surface area contributed by atoms with Gasteiger partial charge < -0.3 is 14.5 Å². The van der Waals surface area contributed by atoms with Crippen LogP contribution in [0.25, 0.3) is 22.0 Å². The highest BCUT2D eigenvalue weighted by molar-refractivity contribution is 6.05. The molecule has 0 saturated carbocycles. The van der Waals surface area contributed by atoms with E-state index in [1.165, 1.54) is 17.0 Å². The van der Waals surface area contributed by atoms with Crippen molar-refractivity contribution in [3.05, 3.63) is 83.3 Å². The maximum Gasteiger partial charge on any atom is 0.271 e. The first-order chi connectivity index (χ1) is 16.8. The predicted molar refractivity (Wildman–Crippen MR) is 133 cm³/mol. The monoisotopic (exact) mass is 474 g/mol. The first kappa shape index (κ1) is 23.9. The normalized spacial score (nSPS) is 10.9. The fourth-order valence-corrected chi connectivity index (χ4v) is 3.98. The van der Waals surface area contributed by atoms with Crippen molar-refractivity contribution < 1.29 is 18.7 Å². The fourth-order valence-electron chi connectivity index (χ4n) is 3.98. The number of aromatic amines is 1. The summed E-state index contributed by atoms with van der Waals surface area (Å²) >= 11 is 0. The summed E-state index contributed by atoms with van der Waals surface area (Å²) in [7, 11) is 5.07. The number of ether oxygens (including phenoxy) is 1. The van der Waals surface area contributed by atoms with Crippen molar-refractivity contribution in [2.24, 2.45) is 0 Å². The van der Waals surface area contributed by atoms with Crippen molar-refractivity contribution in [3.63, 3.8) is 0 Å². The van der Waals surface area contributed by atoms with Crippen molar-refractivity contribution in [2.75, 3.05) is 27.7 Å². The number of rotatable bonds is 7. The molecule has 8 heteroatoms. The fraction of sp³-hybridized carbons (Fsp3) is 0.222. The SMILES string of the molecule is CCOc1cc(C(=O)N(C)Cc2cccc3c(C(=O)N(C)C)[nH]nc23)ccc1-c1cccc(F)c1. The number of amides is 2. The highest BCUT2D eigenvalue weighted by Crippen LogP contribution is 2.32. The number of benzene rings is 3. The van der Waals surface area contributed by atoms with Gasteiger partial charge in [0, 0.05) is 44.2 Å². The Balaban J connectivity index is 1.61. The molecule has 35 heavy (non-hydrogen) atoms. The lowest BCUT2D eigenvalue weighted by molar-refractivity contribution is 0.0784. The number of halogens is 1. The standard InChI is InChI=1S/C27H27FN4O3/c1-5-35-23-15-18(12-13-21(23)17-8-6-10-20(28)14-17)26(33)32(4)16-19-9-7-11-22-24(19)29-30-25(22)27(34)31(2)3/h6-15H,5,16H2,1-4H3,(H,29,30). The molecule has 3 aromatic carbocycles. The first-order valence-corrected chi connectivity index (χ1v) is 11.3. The van der Waals surface area contributed by atoms with Crippen LogP contribution in [0.2, 0.25) is 0 Å². The third kappa shape index (κ3) is 4.87. The number of nitrogens with one attached hydrogen (secondary N) is 1. The first-order valence-electron chi connectivity index (χ1n) is 11.3. The molecular formula is C27H27FN4O3. The lowest BCUT2D eigenvalue weighted by Crippen LogP contribution is -2.26. The van der Waals surface area contributed by atoms with Crippen molar-refractivity contribution in [1.82, 2.24) is 20.0 Å². The molecule has 0 aliphatic carbocycles. The van der Waals surface area contributed by atoms with Crippen molar-refractivity contribution >= 4 is 22.7 Å². The van der Waals surface area contributed by atoms with Gasteiger partial charge in [-0.3, -0.25) is 14.7 Å². The summed E-state index contributed by atoms with van der Waals surface area (Å²) < 4.78 is 19.5. The van der Waals surface area contributed by atoms with Gasteiger partial charge in [0.15, 0.2) is 0 Å². The number of carbonyl (C=O) groups excluding carboxylic acids is 2. The van der Waals surface area contributed by atoms with Gasteiger partial charge in [0.1, 0.15) is 17.3 Å². The van der Waals surface area contributed by atoms with Crippen LogP contribution in [0, 0.1) is 5.82 Å². The molecule has 4 aromatic rings. The zero-order valence-corrected chi connectivity index (χ0v) is 20.1. The van der Waals surface area contributed by atoms with Gasteiger partial charge >= 0.3 is 0 Å². The van der Waals surface area contributed by atoms with E-state index in [4.69, 9.17) is 4.74 Å².